The summed E-state index contributed by atoms with van der Waals surface area (Å²) in [7, 11) is 1.56. The van der Waals surface area contributed by atoms with Crippen LogP contribution in [0.2, 0.25) is 0 Å². The van der Waals surface area contributed by atoms with Crippen LogP contribution in [0, 0.1) is 13.8 Å². The molecule has 0 atom stereocenters. The zero-order valence-electron chi connectivity index (χ0n) is 15.9. The summed E-state index contributed by atoms with van der Waals surface area (Å²) in [6, 6.07) is 19.7. The van der Waals surface area contributed by atoms with E-state index in [1.807, 2.05) is 74.5 Å². The first-order valence-electron chi connectivity index (χ1n) is 8.85. The molecule has 3 aromatic rings. The fraction of sp³-hybridized carbons (Fsp3) is 0.217. The van der Waals surface area contributed by atoms with E-state index in [9.17, 15) is 5.11 Å². The summed E-state index contributed by atoms with van der Waals surface area (Å²) < 4.78 is 17.4. The highest BCUT2D eigenvalue weighted by Crippen LogP contribution is 2.48. The molecule has 0 spiro atoms. The zero-order chi connectivity index (χ0) is 19.2. The molecule has 4 nitrogen and oxygen atoms in total. The van der Waals surface area contributed by atoms with Gasteiger partial charge in [0.1, 0.15) is 19.0 Å². The van der Waals surface area contributed by atoms with Crippen molar-refractivity contribution in [3.05, 3.63) is 82.9 Å². The topological polar surface area (TPSA) is 47.9 Å². The third kappa shape index (κ3) is 4.17. The number of aromatic hydroxyl groups is 1. The summed E-state index contributed by atoms with van der Waals surface area (Å²) in [4.78, 5) is 0. The molecular weight excluding hydrogens is 340 g/mol. The largest absolute Gasteiger partial charge is 0.504 e. The second-order valence-electron chi connectivity index (χ2n) is 6.34. The Morgan fingerprint density at radius 3 is 1.63 bits per heavy atom. The second-order valence-corrected chi connectivity index (χ2v) is 6.34. The highest BCUT2D eigenvalue weighted by molar-refractivity contribution is 5.65. The standard InChI is InChI=1S/C23H24O4/c1-16-20(24)23(27-15-19-12-8-5-9-13-19)22(25-3)17(2)21(16)26-14-18-10-6-4-7-11-18/h4-13,24H,14-15H2,1-3H3. The van der Waals surface area contributed by atoms with Crippen LogP contribution in [0.3, 0.4) is 0 Å². The van der Waals surface area contributed by atoms with Crippen LogP contribution in [-0.4, -0.2) is 12.2 Å². The van der Waals surface area contributed by atoms with Gasteiger partial charge in [0.05, 0.1) is 7.11 Å². The van der Waals surface area contributed by atoms with Crippen LogP contribution in [0.1, 0.15) is 22.3 Å². The van der Waals surface area contributed by atoms with E-state index in [0.29, 0.717) is 36.0 Å². The van der Waals surface area contributed by atoms with Crippen molar-refractivity contribution >= 4 is 0 Å². The Hall–Kier alpha value is -3.14. The summed E-state index contributed by atoms with van der Waals surface area (Å²) in [5, 5.41) is 10.7. The molecule has 3 aromatic carbocycles. The van der Waals surface area contributed by atoms with Crippen molar-refractivity contribution in [2.45, 2.75) is 27.1 Å². The van der Waals surface area contributed by atoms with Crippen molar-refractivity contribution in [2.75, 3.05) is 7.11 Å². The average molecular weight is 364 g/mol. The predicted molar refractivity (Wildman–Crippen MR) is 106 cm³/mol. The van der Waals surface area contributed by atoms with Crippen LogP contribution in [0.15, 0.2) is 60.7 Å². The van der Waals surface area contributed by atoms with Gasteiger partial charge < -0.3 is 19.3 Å². The average Bonchev–Trinajstić information content (AvgIpc) is 2.71. The molecule has 0 saturated carbocycles. The van der Waals surface area contributed by atoms with Crippen molar-refractivity contribution in [3.8, 4) is 23.0 Å². The minimum atomic E-state index is 0.0384. The van der Waals surface area contributed by atoms with Gasteiger partial charge in [0.2, 0.25) is 5.75 Å². The number of hydrogen-bond donors (Lipinski definition) is 1. The maximum atomic E-state index is 10.7. The van der Waals surface area contributed by atoms with E-state index in [-0.39, 0.29) is 5.75 Å². The lowest BCUT2D eigenvalue weighted by Gasteiger charge is -2.20. The van der Waals surface area contributed by atoms with Crippen LogP contribution < -0.4 is 14.2 Å². The summed E-state index contributed by atoms with van der Waals surface area (Å²) in [5.74, 6) is 1.47. The van der Waals surface area contributed by atoms with Gasteiger partial charge in [-0.15, -0.1) is 0 Å². The Labute approximate surface area is 160 Å². The number of rotatable bonds is 7. The highest BCUT2D eigenvalue weighted by atomic mass is 16.5. The van der Waals surface area contributed by atoms with Crippen molar-refractivity contribution in [1.82, 2.24) is 0 Å². The van der Waals surface area contributed by atoms with Crippen LogP contribution in [0.25, 0.3) is 0 Å². The quantitative estimate of drug-likeness (QED) is 0.628. The monoisotopic (exact) mass is 364 g/mol. The summed E-state index contributed by atoms with van der Waals surface area (Å²) in [5.41, 5.74) is 3.50. The van der Waals surface area contributed by atoms with Crippen molar-refractivity contribution in [2.24, 2.45) is 0 Å². The minimum absolute atomic E-state index is 0.0384. The normalized spacial score (nSPS) is 10.5. The fourth-order valence-corrected chi connectivity index (χ4v) is 3.00. The number of benzene rings is 3. The van der Waals surface area contributed by atoms with Crippen LogP contribution in [0.4, 0.5) is 0 Å². The summed E-state index contributed by atoms with van der Waals surface area (Å²) in [6.45, 7) is 4.47. The molecular formula is C23H24O4. The van der Waals surface area contributed by atoms with Gasteiger partial charge >= 0.3 is 0 Å². The lowest BCUT2D eigenvalue weighted by Crippen LogP contribution is -2.04. The molecule has 0 amide bonds. The molecule has 0 aliphatic heterocycles. The Kier molecular flexibility index (Phi) is 5.87. The molecule has 0 saturated heterocycles. The van der Waals surface area contributed by atoms with Gasteiger partial charge in [-0.3, -0.25) is 0 Å². The zero-order valence-corrected chi connectivity index (χ0v) is 15.9. The SMILES string of the molecule is COc1c(C)c(OCc2ccccc2)c(C)c(O)c1OCc1ccccc1. The molecule has 0 aromatic heterocycles. The summed E-state index contributed by atoms with van der Waals surface area (Å²) in [6.07, 6.45) is 0. The molecule has 0 unspecified atom stereocenters. The first kappa shape index (κ1) is 18.6. The van der Waals surface area contributed by atoms with Gasteiger partial charge in [-0.1, -0.05) is 60.7 Å². The number of phenolic OH excluding ortho intramolecular Hbond substituents is 1. The Morgan fingerprint density at radius 1 is 0.667 bits per heavy atom. The van der Waals surface area contributed by atoms with Crippen molar-refractivity contribution < 1.29 is 19.3 Å². The van der Waals surface area contributed by atoms with Gasteiger partial charge in [0.15, 0.2) is 11.5 Å². The fourth-order valence-electron chi connectivity index (χ4n) is 3.00. The molecule has 4 heteroatoms. The van der Waals surface area contributed by atoms with Crippen LogP contribution in [0.5, 0.6) is 23.0 Å². The predicted octanol–water partition coefficient (Wildman–Crippen LogP) is 5.18. The maximum absolute atomic E-state index is 10.7. The van der Waals surface area contributed by atoms with E-state index in [4.69, 9.17) is 14.2 Å². The molecule has 0 aliphatic rings. The van der Waals surface area contributed by atoms with Gasteiger partial charge in [0, 0.05) is 11.1 Å². The van der Waals surface area contributed by atoms with E-state index in [2.05, 4.69) is 0 Å². The van der Waals surface area contributed by atoms with E-state index in [0.717, 1.165) is 16.7 Å². The van der Waals surface area contributed by atoms with E-state index >= 15 is 0 Å². The Bertz CT molecular complexity index is 890. The number of phenols is 1. The molecule has 0 radical (unpaired) electrons. The Balaban J connectivity index is 1.87. The molecule has 3 rings (SSSR count). The second kappa shape index (κ2) is 8.49. The van der Waals surface area contributed by atoms with Gasteiger partial charge in [0.25, 0.3) is 0 Å². The molecule has 0 fully saturated rings. The van der Waals surface area contributed by atoms with E-state index in [1.165, 1.54) is 0 Å². The van der Waals surface area contributed by atoms with Gasteiger partial charge in [-0.25, -0.2) is 0 Å². The molecule has 27 heavy (non-hydrogen) atoms. The van der Waals surface area contributed by atoms with E-state index in [1.54, 1.807) is 7.11 Å². The van der Waals surface area contributed by atoms with Crippen molar-refractivity contribution in [3.63, 3.8) is 0 Å². The minimum Gasteiger partial charge on any atom is -0.504 e. The summed E-state index contributed by atoms with van der Waals surface area (Å²) >= 11 is 0. The molecule has 140 valence electrons. The molecule has 0 heterocycles. The Morgan fingerprint density at radius 2 is 1.15 bits per heavy atom. The lowest BCUT2D eigenvalue weighted by atomic mass is 10.1. The highest BCUT2D eigenvalue weighted by Gasteiger charge is 2.23. The number of hydrogen-bond acceptors (Lipinski definition) is 4. The van der Waals surface area contributed by atoms with Crippen molar-refractivity contribution in [1.29, 1.82) is 0 Å². The van der Waals surface area contributed by atoms with Gasteiger partial charge in [-0.2, -0.15) is 0 Å². The van der Waals surface area contributed by atoms with Crippen LogP contribution in [-0.2, 0) is 13.2 Å². The molecule has 1 N–H and O–H groups in total. The maximum Gasteiger partial charge on any atom is 0.204 e. The molecule has 0 bridgehead atoms. The van der Waals surface area contributed by atoms with Gasteiger partial charge in [-0.05, 0) is 25.0 Å². The lowest BCUT2D eigenvalue weighted by molar-refractivity contribution is 0.259. The number of ether oxygens (including phenoxy) is 3. The third-order valence-electron chi connectivity index (χ3n) is 4.45. The first-order chi connectivity index (χ1) is 13.1. The first-order valence-corrected chi connectivity index (χ1v) is 8.85. The van der Waals surface area contributed by atoms with Crippen LogP contribution >= 0.6 is 0 Å². The van der Waals surface area contributed by atoms with E-state index < -0.39 is 0 Å². The molecule has 0 aliphatic carbocycles. The smallest absolute Gasteiger partial charge is 0.204 e. The third-order valence-corrected chi connectivity index (χ3v) is 4.45. The number of methoxy groups -OCH3 is 1.